The molecule has 1 fully saturated rings. The van der Waals surface area contributed by atoms with E-state index in [1.165, 1.54) is 6.07 Å². The molecule has 0 saturated heterocycles. The molecule has 0 aliphatic heterocycles. The van der Waals surface area contributed by atoms with Crippen LogP contribution in [-0.2, 0) is 0 Å². The number of anilines is 1. The normalized spacial score (nSPS) is 22.4. The van der Waals surface area contributed by atoms with Crippen molar-refractivity contribution in [2.45, 2.75) is 25.9 Å². The van der Waals surface area contributed by atoms with Crippen molar-refractivity contribution in [2.75, 3.05) is 11.9 Å². The molecule has 0 heterocycles. The number of aliphatic hydroxyl groups excluding tert-OH is 1. The molecule has 2 N–H and O–H groups in total. The Morgan fingerprint density at radius 1 is 1.56 bits per heavy atom. The van der Waals surface area contributed by atoms with Gasteiger partial charge in [-0.15, -0.1) is 0 Å². The summed E-state index contributed by atoms with van der Waals surface area (Å²) in [6.45, 7) is 2.51. The van der Waals surface area contributed by atoms with Crippen molar-refractivity contribution < 1.29 is 10.0 Å². The molecule has 1 aromatic rings. The first-order chi connectivity index (χ1) is 8.47. The second-order valence-electron chi connectivity index (χ2n) is 4.75. The smallest absolute Gasteiger partial charge is 0.273 e. The highest BCUT2D eigenvalue weighted by Crippen LogP contribution is 2.32. The van der Waals surface area contributed by atoms with Gasteiger partial charge in [-0.1, -0.05) is 0 Å². The molecule has 1 aliphatic rings. The third-order valence-corrected chi connectivity index (χ3v) is 3.93. The van der Waals surface area contributed by atoms with Crippen molar-refractivity contribution in [3.8, 4) is 0 Å². The number of aliphatic hydroxyl groups is 1. The van der Waals surface area contributed by atoms with Crippen LogP contribution in [0.5, 0.6) is 0 Å². The molecule has 0 spiro atoms. The van der Waals surface area contributed by atoms with Crippen LogP contribution in [0.3, 0.4) is 0 Å². The highest BCUT2D eigenvalue weighted by atomic mass is 79.9. The lowest BCUT2D eigenvalue weighted by Gasteiger charge is -2.31. The number of aryl methyl sites for hydroxylation is 1. The van der Waals surface area contributed by atoms with Crippen LogP contribution in [0.25, 0.3) is 0 Å². The third kappa shape index (κ3) is 2.81. The van der Waals surface area contributed by atoms with Crippen LogP contribution >= 0.6 is 15.9 Å². The summed E-state index contributed by atoms with van der Waals surface area (Å²) in [6.07, 6.45) is 1.51. The Kier molecular flexibility index (Phi) is 3.87. The van der Waals surface area contributed by atoms with E-state index in [1.807, 2.05) is 0 Å². The first-order valence-electron chi connectivity index (χ1n) is 5.84. The second kappa shape index (κ2) is 5.24. The minimum absolute atomic E-state index is 0.117. The van der Waals surface area contributed by atoms with Crippen LogP contribution in [0.1, 0.15) is 18.4 Å². The van der Waals surface area contributed by atoms with Gasteiger partial charge in [-0.2, -0.15) is 0 Å². The van der Waals surface area contributed by atoms with E-state index in [9.17, 15) is 15.2 Å². The average molecular weight is 315 g/mol. The molecule has 6 heteroatoms. The molecule has 2 rings (SSSR count). The lowest BCUT2D eigenvalue weighted by Crippen LogP contribution is -2.33. The monoisotopic (exact) mass is 314 g/mol. The first kappa shape index (κ1) is 13.3. The molecule has 1 aromatic carbocycles. The standard InChI is InChI=1S/C12H15BrN2O3/c1-7-2-11(10(13)5-12(7)15(17)18)14-6-8-3-9(16)4-8/h2,5,8-9,14,16H,3-4,6H2,1H3. The zero-order valence-electron chi connectivity index (χ0n) is 10.0. The molecule has 98 valence electrons. The van der Waals surface area contributed by atoms with Gasteiger partial charge in [0.2, 0.25) is 0 Å². The molecule has 1 aliphatic carbocycles. The maximum Gasteiger partial charge on any atom is 0.273 e. The summed E-state index contributed by atoms with van der Waals surface area (Å²) in [5.41, 5.74) is 1.62. The molecule has 0 atom stereocenters. The Labute approximate surface area is 113 Å². The van der Waals surface area contributed by atoms with E-state index in [0.29, 0.717) is 16.0 Å². The molecule has 0 aromatic heterocycles. The summed E-state index contributed by atoms with van der Waals surface area (Å²) in [7, 11) is 0. The Bertz CT molecular complexity index is 473. The molecular weight excluding hydrogens is 300 g/mol. The highest BCUT2D eigenvalue weighted by molar-refractivity contribution is 9.10. The maximum atomic E-state index is 10.8. The van der Waals surface area contributed by atoms with Crippen LogP contribution < -0.4 is 5.32 Å². The van der Waals surface area contributed by atoms with E-state index in [0.717, 1.165) is 25.1 Å². The van der Waals surface area contributed by atoms with Crippen LogP contribution in [-0.4, -0.2) is 22.7 Å². The van der Waals surface area contributed by atoms with E-state index in [1.54, 1.807) is 13.0 Å². The molecular formula is C12H15BrN2O3. The van der Waals surface area contributed by atoms with Gasteiger partial charge >= 0.3 is 0 Å². The summed E-state index contributed by atoms with van der Waals surface area (Å²) in [5, 5.41) is 23.2. The second-order valence-corrected chi connectivity index (χ2v) is 5.60. The fraction of sp³-hybridized carbons (Fsp3) is 0.500. The molecule has 0 amide bonds. The molecule has 5 nitrogen and oxygen atoms in total. The van der Waals surface area contributed by atoms with Gasteiger partial charge in [0, 0.05) is 28.3 Å². The number of nitrogens with one attached hydrogen (secondary N) is 1. The van der Waals surface area contributed by atoms with Gasteiger partial charge in [0.25, 0.3) is 5.69 Å². The van der Waals surface area contributed by atoms with Gasteiger partial charge in [0.15, 0.2) is 0 Å². The average Bonchev–Trinajstić information content (AvgIpc) is 2.26. The van der Waals surface area contributed by atoms with Crippen LogP contribution in [0.4, 0.5) is 11.4 Å². The Balaban J connectivity index is 2.04. The molecule has 18 heavy (non-hydrogen) atoms. The molecule has 0 radical (unpaired) electrons. The minimum Gasteiger partial charge on any atom is -0.393 e. The third-order valence-electron chi connectivity index (χ3n) is 3.27. The zero-order chi connectivity index (χ0) is 13.3. The van der Waals surface area contributed by atoms with Crippen molar-refractivity contribution >= 4 is 27.3 Å². The van der Waals surface area contributed by atoms with E-state index >= 15 is 0 Å². The highest BCUT2D eigenvalue weighted by Gasteiger charge is 2.26. The number of nitro groups is 1. The van der Waals surface area contributed by atoms with Crippen molar-refractivity contribution in [1.29, 1.82) is 0 Å². The number of hydrogen-bond donors (Lipinski definition) is 2. The fourth-order valence-corrected chi connectivity index (χ4v) is 2.60. The minimum atomic E-state index is -0.383. The maximum absolute atomic E-state index is 10.8. The van der Waals surface area contributed by atoms with E-state index in [4.69, 9.17) is 0 Å². The predicted octanol–water partition coefficient (Wildman–Crippen LogP) is 2.85. The SMILES string of the molecule is Cc1cc(NCC2CC(O)C2)c(Br)cc1[N+](=O)[O-]. The van der Waals surface area contributed by atoms with Crippen LogP contribution in [0, 0.1) is 23.0 Å². The Morgan fingerprint density at radius 3 is 2.78 bits per heavy atom. The first-order valence-corrected chi connectivity index (χ1v) is 6.63. The van der Waals surface area contributed by atoms with E-state index in [2.05, 4.69) is 21.2 Å². The van der Waals surface area contributed by atoms with Crippen molar-refractivity contribution in [2.24, 2.45) is 5.92 Å². The molecule has 0 bridgehead atoms. The molecule has 0 unspecified atom stereocenters. The molecule has 1 saturated carbocycles. The number of nitro benzene ring substituents is 1. The zero-order valence-corrected chi connectivity index (χ0v) is 11.6. The topological polar surface area (TPSA) is 75.4 Å². The fourth-order valence-electron chi connectivity index (χ4n) is 2.12. The van der Waals surface area contributed by atoms with Crippen molar-refractivity contribution in [3.05, 3.63) is 32.3 Å². The lowest BCUT2D eigenvalue weighted by atomic mass is 9.82. The summed E-state index contributed by atoms with van der Waals surface area (Å²) in [4.78, 5) is 10.4. The number of hydrogen-bond acceptors (Lipinski definition) is 4. The van der Waals surface area contributed by atoms with Crippen molar-refractivity contribution in [1.82, 2.24) is 0 Å². The van der Waals surface area contributed by atoms with Gasteiger partial charge in [0.1, 0.15) is 0 Å². The Morgan fingerprint density at radius 2 is 2.22 bits per heavy atom. The van der Waals surface area contributed by atoms with Gasteiger partial charge in [0.05, 0.1) is 11.0 Å². The number of rotatable bonds is 4. The quantitative estimate of drug-likeness (QED) is 0.662. The van der Waals surface area contributed by atoms with Gasteiger partial charge < -0.3 is 10.4 Å². The summed E-state index contributed by atoms with van der Waals surface area (Å²) < 4.78 is 0.694. The number of halogens is 1. The summed E-state index contributed by atoms with van der Waals surface area (Å²) in [6, 6.07) is 3.30. The predicted molar refractivity (Wildman–Crippen MR) is 72.8 cm³/mol. The van der Waals surface area contributed by atoms with Gasteiger partial charge in [-0.3, -0.25) is 10.1 Å². The number of nitrogens with zero attached hydrogens (tertiary/aromatic N) is 1. The van der Waals surface area contributed by atoms with E-state index in [-0.39, 0.29) is 16.7 Å². The van der Waals surface area contributed by atoms with Gasteiger partial charge in [-0.05, 0) is 47.7 Å². The Hall–Kier alpha value is -1.14. The van der Waals surface area contributed by atoms with Crippen molar-refractivity contribution in [3.63, 3.8) is 0 Å². The number of benzene rings is 1. The van der Waals surface area contributed by atoms with Gasteiger partial charge in [-0.25, -0.2) is 0 Å². The van der Waals surface area contributed by atoms with Crippen LogP contribution in [0.15, 0.2) is 16.6 Å². The van der Waals surface area contributed by atoms with Crippen LogP contribution in [0.2, 0.25) is 0 Å². The van der Waals surface area contributed by atoms with E-state index < -0.39 is 0 Å². The summed E-state index contributed by atoms with van der Waals surface area (Å²) in [5.74, 6) is 0.488. The lowest BCUT2D eigenvalue weighted by molar-refractivity contribution is -0.385. The largest absolute Gasteiger partial charge is 0.393 e. The summed E-state index contributed by atoms with van der Waals surface area (Å²) >= 11 is 3.34.